The van der Waals surface area contributed by atoms with Crippen molar-refractivity contribution >= 4 is 27.8 Å². The van der Waals surface area contributed by atoms with Crippen LogP contribution >= 0.6 is 0 Å². The SMILES string of the molecule is NC(C(=O)O)c1ccc2[nH]c3ccncc3c2c1. The van der Waals surface area contributed by atoms with Gasteiger partial charge in [0.2, 0.25) is 0 Å². The molecule has 5 heteroatoms. The van der Waals surface area contributed by atoms with E-state index in [9.17, 15) is 4.79 Å². The molecule has 0 fully saturated rings. The number of aromatic nitrogens is 2. The zero-order chi connectivity index (χ0) is 12.7. The van der Waals surface area contributed by atoms with E-state index in [1.54, 1.807) is 24.5 Å². The summed E-state index contributed by atoms with van der Waals surface area (Å²) >= 11 is 0. The van der Waals surface area contributed by atoms with Crippen LogP contribution in [0.25, 0.3) is 21.8 Å². The zero-order valence-corrected chi connectivity index (χ0v) is 9.42. The Morgan fingerprint density at radius 3 is 2.83 bits per heavy atom. The van der Waals surface area contributed by atoms with E-state index in [2.05, 4.69) is 9.97 Å². The molecule has 3 aromatic rings. The van der Waals surface area contributed by atoms with E-state index in [1.807, 2.05) is 12.1 Å². The van der Waals surface area contributed by atoms with Crippen molar-refractivity contribution in [3.05, 3.63) is 42.2 Å². The number of benzene rings is 1. The van der Waals surface area contributed by atoms with Gasteiger partial charge in [0.1, 0.15) is 6.04 Å². The zero-order valence-electron chi connectivity index (χ0n) is 9.42. The van der Waals surface area contributed by atoms with Gasteiger partial charge in [0, 0.05) is 34.2 Å². The van der Waals surface area contributed by atoms with Crippen molar-refractivity contribution in [1.82, 2.24) is 9.97 Å². The maximum absolute atomic E-state index is 10.9. The molecular formula is C13H11N3O2. The summed E-state index contributed by atoms with van der Waals surface area (Å²) in [5.41, 5.74) is 8.12. The number of nitrogens with one attached hydrogen (secondary N) is 1. The molecular weight excluding hydrogens is 230 g/mol. The van der Waals surface area contributed by atoms with Crippen LogP contribution in [0.5, 0.6) is 0 Å². The van der Waals surface area contributed by atoms with Crippen LogP contribution in [0.2, 0.25) is 0 Å². The molecule has 1 aromatic carbocycles. The van der Waals surface area contributed by atoms with Gasteiger partial charge in [0.05, 0.1) is 0 Å². The number of pyridine rings is 1. The average molecular weight is 241 g/mol. The Kier molecular flexibility index (Phi) is 2.28. The summed E-state index contributed by atoms with van der Waals surface area (Å²) in [4.78, 5) is 18.2. The number of H-pyrrole nitrogens is 1. The minimum atomic E-state index is -1.03. The van der Waals surface area contributed by atoms with E-state index in [-0.39, 0.29) is 0 Å². The number of carbonyl (C=O) groups is 1. The number of rotatable bonds is 2. The fourth-order valence-electron chi connectivity index (χ4n) is 2.09. The van der Waals surface area contributed by atoms with Gasteiger partial charge in [-0.2, -0.15) is 0 Å². The minimum Gasteiger partial charge on any atom is -0.480 e. The number of nitrogens with zero attached hydrogens (tertiary/aromatic N) is 1. The molecule has 1 unspecified atom stereocenters. The third kappa shape index (κ3) is 1.53. The van der Waals surface area contributed by atoms with Crippen LogP contribution in [-0.4, -0.2) is 21.0 Å². The summed E-state index contributed by atoms with van der Waals surface area (Å²) in [6.07, 6.45) is 3.46. The van der Waals surface area contributed by atoms with Crippen LogP contribution in [-0.2, 0) is 4.79 Å². The molecule has 90 valence electrons. The third-order valence-corrected chi connectivity index (χ3v) is 3.05. The van der Waals surface area contributed by atoms with Crippen LogP contribution in [0.4, 0.5) is 0 Å². The van der Waals surface area contributed by atoms with Crippen LogP contribution in [0.15, 0.2) is 36.7 Å². The minimum absolute atomic E-state index is 0.583. The molecule has 0 spiro atoms. The Hall–Kier alpha value is -2.40. The topological polar surface area (TPSA) is 92.0 Å². The second-order valence-electron chi connectivity index (χ2n) is 4.17. The van der Waals surface area contributed by atoms with Crippen molar-refractivity contribution in [2.24, 2.45) is 5.73 Å². The molecule has 1 atom stereocenters. The lowest BCUT2D eigenvalue weighted by Gasteiger charge is -2.06. The summed E-state index contributed by atoms with van der Waals surface area (Å²) in [5.74, 6) is -1.03. The predicted molar refractivity (Wildman–Crippen MR) is 68.2 cm³/mol. The molecule has 0 amide bonds. The number of carboxylic acids is 1. The van der Waals surface area contributed by atoms with E-state index in [4.69, 9.17) is 10.8 Å². The van der Waals surface area contributed by atoms with E-state index in [0.29, 0.717) is 5.56 Å². The van der Waals surface area contributed by atoms with E-state index in [0.717, 1.165) is 21.8 Å². The van der Waals surface area contributed by atoms with Gasteiger partial charge < -0.3 is 15.8 Å². The lowest BCUT2D eigenvalue weighted by Crippen LogP contribution is -2.20. The van der Waals surface area contributed by atoms with E-state index >= 15 is 0 Å². The molecule has 18 heavy (non-hydrogen) atoms. The van der Waals surface area contributed by atoms with Gasteiger partial charge in [-0.3, -0.25) is 9.78 Å². The molecule has 5 nitrogen and oxygen atoms in total. The summed E-state index contributed by atoms with van der Waals surface area (Å²) in [6.45, 7) is 0. The summed E-state index contributed by atoms with van der Waals surface area (Å²) < 4.78 is 0. The second-order valence-corrected chi connectivity index (χ2v) is 4.17. The molecule has 4 N–H and O–H groups in total. The van der Waals surface area contributed by atoms with Crippen molar-refractivity contribution in [3.63, 3.8) is 0 Å². The highest BCUT2D eigenvalue weighted by atomic mass is 16.4. The fraction of sp³-hybridized carbons (Fsp3) is 0.0769. The molecule has 0 radical (unpaired) electrons. The van der Waals surface area contributed by atoms with Crippen molar-refractivity contribution in [2.75, 3.05) is 0 Å². The summed E-state index contributed by atoms with van der Waals surface area (Å²) in [6, 6.07) is 6.24. The molecule has 0 aliphatic rings. The number of nitrogens with two attached hydrogens (primary N) is 1. The van der Waals surface area contributed by atoms with Gasteiger partial charge in [-0.15, -0.1) is 0 Å². The standard InChI is InChI=1S/C13H11N3O2/c14-12(13(17)18)7-1-2-10-8(5-7)9-6-15-4-3-11(9)16-10/h1-6,12,16H,14H2,(H,17,18). The first-order valence-corrected chi connectivity index (χ1v) is 5.50. The largest absolute Gasteiger partial charge is 0.480 e. The Morgan fingerprint density at radius 2 is 2.06 bits per heavy atom. The van der Waals surface area contributed by atoms with Crippen LogP contribution in [0.3, 0.4) is 0 Å². The number of aliphatic carboxylic acids is 1. The lowest BCUT2D eigenvalue weighted by atomic mass is 10.0. The number of hydrogen-bond donors (Lipinski definition) is 3. The third-order valence-electron chi connectivity index (χ3n) is 3.05. The van der Waals surface area contributed by atoms with Gasteiger partial charge >= 0.3 is 5.97 Å². The number of hydrogen-bond acceptors (Lipinski definition) is 3. The Bertz CT molecular complexity index is 748. The van der Waals surface area contributed by atoms with Gasteiger partial charge in [-0.05, 0) is 23.8 Å². The fourth-order valence-corrected chi connectivity index (χ4v) is 2.09. The summed E-state index contributed by atoms with van der Waals surface area (Å²) in [7, 11) is 0. The lowest BCUT2D eigenvalue weighted by molar-refractivity contribution is -0.138. The van der Waals surface area contributed by atoms with Crippen molar-refractivity contribution < 1.29 is 9.90 Å². The molecule has 0 saturated heterocycles. The first-order valence-electron chi connectivity index (χ1n) is 5.50. The smallest absolute Gasteiger partial charge is 0.325 e. The van der Waals surface area contributed by atoms with Gasteiger partial charge in [-0.1, -0.05) is 6.07 Å². The Morgan fingerprint density at radius 1 is 1.28 bits per heavy atom. The average Bonchev–Trinajstić information content (AvgIpc) is 2.75. The number of carboxylic acid groups (broad SMARTS) is 1. The maximum atomic E-state index is 10.9. The molecule has 0 bridgehead atoms. The number of fused-ring (bicyclic) bond motifs is 3. The van der Waals surface area contributed by atoms with E-state index < -0.39 is 12.0 Å². The van der Waals surface area contributed by atoms with Crippen LogP contribution < -0.4 is 5.73 Å². The first kappa shape index (κ1) is 10.7. The summed E-state index contributed by atoms with van der Waals surface area (Å²) in [5, 5.41) is 10.8. The van der Waals surface area contributed by atoms with Crippen LogP contribution in [0.1, 0.15) is 11.6 Å². The Balaban J connectivity index is 2.27. The van der Waals surface area contributed by atoms with Gasteiger partial charge in [-0.25, -0.2) is 0 Å². The quantitative estimate of drug-likeness (QED) is 0.637. The van der Waals surface area contributed by atoms with Gasteiger partial charge in [0.25, 0.3) is 0 Å². The molecule has 2 heterocycles. The molecule has 2 aromatic heterocycles. The molecule has 0 aliphatic carbocycles. The van der Waals surface area contributed by atoms with Crippen molar-refractivity contribution in [2.45, 2.75) is 6.04 Å². The predicted octanol–water partition coefficient (Wildman–Crippen LogP) is 1.80. The van der Waals surface area contributed by atoms with Crippen molar-refractivity contribution in [3.8, 4) is 0 Å². The molecule has 0 saturated carbocycles. The highest BCUT2D eigenvalue weighted by Crippen LogP contribution is 2.26. The van der Waals surface area contributed by atoms with Crippen molar-refractivity contribution in [1.29, 1.82) is 0 Å². The maximum Gasteiger partial charge on any atom is 0.325 e. The van der Waals surface area contributed by atoms with Crippen LogP contribution in [0, 0.1) is 0 Å². The monoisotopic (exact) mass is 241 g/mol. The van der Waals surface area contributed by atoms with E-state index in [1.165, 1.54) is 0 Å². The van der Waals surface area contributed by atoms with Gasteiger partial charge in [0.15, 0.2) is 0 Å². The first-order chi connectivity index (χ1) is 8.66. The normalized spacial score (nSPS) is 12.9. The Labute approximate surface area is 102 Å². The second kappa shape index (κ2) is 3.82. The molecule has 0 aliphatic heterocycles. The highest BCUT2D eigenvalue weighted by molar-refractivity contribution is 6.07. The number of aromatic amines is 1. The molecule has 3 rings (SSSR count). The highest BCUT2D eigenvalue weighted by Gasteiger charge is 2.15.